The highest BCUT2D eigenvalue weighted by molar-refractivity contribution is 6.39. The molecule has 0 aliphatic heterocycles. The molecule has 5 aromatic carbocycles. The summed E-state index contributed by atoms with van der Waals surface area (Å²) < 4.78 is 0. The highest BCUT2D eigenvalue weighted by Gasteiger charge is 2.36. The van der Waals surface area contributed by atoms with Crippen molar-refractivity contribution in [3.8, 4) is 33.4 Å². The van der Waals surface area contributed by atoms with Crippen LogP contribution in [0.25, 0.3) is 50.6 Å². The molecule has 0 fully saturated rings. The standard InChI is InChI=1S/C45H40O/c1-44(2,3)40-27-36-35(25-37(40)33-21-17-31(18-22-33)29-13-9-7-10-14-29)26-39-38(36)28-41(45(4,5)6)42(43(39)46)34-23-19-32(20-24-34)30-15-11-8-12-16-30/h7-28H,1-6H3. The molecule has 0 saturated heterocycles. The van der Waals surface area contributed by atoms with Crippen LogP contribution in [0, 0.1) is 5.41 Å². The minimum atomic E-state index is -0.211. The van der Waals surface area contributed by atoms with Gasteiger partial charge in [-0.15, -0.1) is 0 Å². The Morgan fingerprint density at radius 1 is 0.435 bits per heavy atom. The molecule has 0 radical (unpaired) electrons. The van der Waals surface area contributed by atoms with Crippen molar-refractivity contribution in [2.45, 2.75) is 47.0 Å². The van der Waals surface area contributed by atoms with Crippen molar-refractivity contribution >= 4 is 23.0 Å². The average molecular weight is 597 g/mol. The van der Waals surface area contributed by atoms with Gasteiger partial charge in [-0.05, 0) is 102 Å². The van der Waals surface area contributed by atoms with Crippen molar-refractivity contribution in [3.63, 3.8) is 0 Å². The maximum absolute atomic E-state index is 14.5. The predicted octanol–water partition coefficient (Wildman–Crippen LogP) is 11.8. The Morgan fingerprint density at radius 3 is 1.41 bits per heavy atom. The van der Waals surface area contributed by atoms with Crippen molar-refractivity contribution in [1.82, 2.24) is 0 Å². The summed E-state index contributed by atoms with van der Waals surface area (Å²) in [5.41, 5.74) is 15.1. The molecule has 0 heterocycles. The lowest BCUT2D eigenvalue weighted by atomic mass is 9.73. The van der Waals surface area contributed by atoms with E-state index in [4.69, 9.17) is 0 Å². The van der Waals surface area contributed by atoms with Gasteiger partial charge in [-0.3, -0.25) is 4.79 Å². The van der Waals surface area contributed by atoms with Crippen LogP contribution in [0.2, 0.25) is 0 Å². The molecule has 0 atom stereocenters. The normalized spacial score (nSPS) is 14.5. The summed E-state index contributed by atoms with van der Waals surface area (Å²) in [6, 6.07) is 42.9. The molecule has 1 heteroatoms. The summed E-state index contributed by atoms with van der Waals surface area (Å²) in [5, 5.41) is 0. The van der Waals surface area contributed by atoms with Crippen molar-refractivity contribution in [2.75, 3.05) is 0 Å². The topological polar surface area (TPSA) is 17.1 Å². The number of hydrogen-bond donors (Lipinski definition) is 0. The van der Waals surface area contributed by atoms with Gasteiger partial charge in [0, 0.05) is 11.1 Å². The third-order valence-electron chi connectivity index (χ3n) is 9.30. The molecule has 0 bridgehead atoms. The van der Waals surface area contributed by atoms with Crippen LogP contribution in [0.15, 0.2) is 139 Å². The summed E-state index contributed by atoms with van der Waals surface area (Å²) in [6.07, 6.45) is 4.41. The first-order chi connectivity index (χ1) is 22.0. The Labute approximate surface area is 273 Å². The third kappa shape index (κ3) is 5.31. The fourth-order valence-corrected chi connectivity index (χ4v) is 6.83. The van der Waals surface area contributed by atoms with Gasteiger partial charge in [0.1, 0.15) is 0 Å². The Kier molecular flexibility index (Phi) is 7.17. The Balaban J connectivity index is 1.33. The SMILES string of the molecule is CC(C)(C)C1=C(c2ccc(-c3ccccc3)cc2)C(=O)C2=Cc3cc(-c4ccc(-c5ccccc5)cc4)c(C(C)(C)C)cc3C2=C1. The summed E-state index contributed by atoms with van der Waals surface area (Å²) in [4.78, 5) is 14.5. The molecule has 0 spiro atoms. The van der Waals surface area contributed by atoms with Gasteiger partial charge >= 0.3 is 0 Å². The van der Waals surface area contributed by atoms with Crippen molar-refractivity contribution < 1.29 is 4.79 Å². The van der Waals surface area contributed by atoms with E-state index in [1.807, 2.05) is 6.07 Å². The highest BCUT2D eigenvalue weighted by Crippen LogP contribution is 2.49. The van der Waals surface area contributed by atoms with E-state index >= 15 is 0 Å². The lowest BCUT2D eigenvalue weighted by Gasteiger charge is -2.29. The number of fused-ring (bicyclic) bond motifs is 3. The zero-order valence-corrected chi connectivity index (χ0v) is 27.6. The molecule has 2 aliphatic rings. The Hall–Kier alpha value is -5.01. The van der Waals surface area contributed by atoms with Crippen LogP contribution in [0.5, 0.6) is 0 Å². The number of Topliss-reactive ketones (excluding diaryl/α,β-unsaturated/α-hetero) is 1. The lowest BCUT2D eigenvalue weighted by molar-refractivity contribution is -0.110. The summed E-state index contributed by atoms with van der Waals surface area (Å²) in [5.74, 6) is 0.108. The first-order valence-corrected chi connectivity index (χ1v) is 16.2. The first-order valence-electron chi connectivity index (χ1n) is 16.2. The number of allylic oxidation sites excluding steroid dienone is 5. The van der Waals surface area contributed by atoms with E-state index in [0.29, 0.717) is 0 Å². The van der Waals surface area contributed by atoms with Crippen LogP contribution in [-0.2, 0) is 10.2 Å². The predicted molar refractivity (Wildman–Crippen MR) is 195 cm³/mol. The second-order valence-electron chi connectivity index (χ2n) is 14.6. The third-order valence-corrected chi connectivity index (χ3v) is 9.30. The van der Waals surface area contributed by atoms with Gasteiger partial charge in [0.25, 0.3) is 0 Å². The second kappa shape index (κ2) is 11.1. The summed E-state index contributed by atoms with van der Waals surface area (Å²) >= 11 is 0. The molecule has 7 rings (SSSR count). The molecule has 2 aliphatic carbocycles. The lowest BCUT2D eigenvalue weighted by Crippen LogP contribution is -2.20. The molecule has 1 nitrogen and oxygen atoms in total. The molecule has 5 aromatic rings. The van der Waals surface area contributed by atoms with Crippen LogP contribution < -0.4 is 0 Å². The Bertz CT molecular complexity index is 2050. The highest BCUT2D eigenvalue weighted by atomic mass is 16.1. The number of hydrogen-bond acceptors (Lipinski definition) is 1. The first kappa shape index (κ1) is 29.7. The minimum Gasteiger partial charge on any atom is -0.289 e. The molecular formula is C45H40O. The number of rotatable bonds is 4. The van der Waals surface area contributed by atoms with Crippen molar-refractivity contribution in [3.05, 3.63) is 161 Å². The van der Waals surface area contributed by atoms with E-state index in [1.165, 1.54) is 33.4 Å². The second-order valence-corrected chi connectivity index (χ2v) is 14.6. The van der Waals surface area contributed by atoms with Crippen LogP contribution in [-0.4, -0.2) is 5.78 Å². The fourth-order valence-electron chi connectivity index (χ4n) is 6.83. The van der Waals surface area contributed by atoms with Gasteiger partial charge in [0.05, 0.1) is 0 Å². The van der Waals surface area contributed by atoms with E-state index in [2.05, 4.69) is 169 Å². The average Bonchev–Trinajstić information content (AvgIpc) is 3.42. The monoisotopic (exact) mass is 596 g/mol. The maximum Gasteiger partial charge on any atom is 0.194 e. The van der Waals surface area contributed by atoms with Crippen molar-refractivity contribution in [1.29, 1.82) is 0 Å². The van der Waals surface area contributed by atoms with E-state index in [1.54, 1.807) is 0 Å². The molecule has 0 saturated carbocycles. The minimum absolute atomic E-state index is 0.0845. The zero-order chi connectivity index (χ0) is 32.2. The summed E-state index contributed by atoms with van der Waals surface area (Å²) in [7, 11) is 0. The van der Waals surface area contributed by atoms with Crippen LogP contribution in [0.1, 0.15) is 63.8 Å². The molecule has 46 heavy (non-hydrogen) atoms. The van der Waals surface area contributed by atoms with E-state index < -0.39 is 0 Å². The molecule has 226 valence electrons. The molecule has 0 N–H and O–H groups in total. The van der Waals surface area contributed by atoms with Crippen LogP contribution in [0.4, 0.5) is 0 Å². The number of carbonyl (C=O) groups is 1. The van der Waals surface area contributed by atoms with E-state index in [0.717, 1.165) is 44.5 Å². The zero-order valence-electron chi connectivity index (χ0n) is 27.6. The smallest absolute Gasteiger partial charge is 0.194 e. The van der Waals surface area contributed by atoms with Gasteiger partial charge in [-0.25, -0.2) is 0 Å². The molecule has 0 amide bonds. The largest absolute Gasteiger partial charge is 0.289 e. The van der Waals surface area contributed by atoms with Gasteiger partial charge in [0.15, 0.2) is 5.78 Å². The number of ketones is 1. The number of benzene rings is 5. The maximum atomic E-state index is 14.5. The van der Waals surface area contributed by atoms with Gasteiger partial charge < -0.3 is 0 Å². The van der Waals surface area contributed by atoms with Gasteiger partial charge in [-0.1, -0.05) is 151 Å². The fraction of sp³-hybridized carbons (Fsp3) is 0.178. The number of carbonyl (C=O) groups excluding carboxylic acids is 1. The van der Waals surface area contributed by atoms with Gasteiger partial charge in [-0.2, -0.15) is 0 Å². The van der Waals surface area contributed by atoms with Crippen LogP contribution in [0.3, 0.4) is 0 Å². The molecule has 0 unspecified atom stereocenters. The quantitative estimate of drug-likeness (QED) is 0.202. The molecule has 0 aromatic heterocycles. The van der Waals surface area contributed by atoms with E-state index in [9.17, 15) is 4.79 Å². The van der Waals surface area contributed by atoms with E-state index in [-0.39, 0.29) is 16.6 Å². The van der Waals surface area contributed by atoms with Gasteiger partial charge in [0.2, 0.25) is 0 Å². The summed E-state index contributed by atoms with van der Waals surface area (Å²) in [6.45, 7) is 13.4. The Morgan fingerprint density at radius 2 is 0.913 bits per heavy atom. The van der Waals surface area contributed by atoms with Crippen LogP contribution >= 0.6 is 0 Å². The molecular weight excluding hydrogens is 556 g/mol. The van der Waals surface area contributed by atoms with Crippen molar-refractivity contribution in [2.24, 2.45) is 5.41 Å².